The molecule has 0 amide bonds. The molecule has 0 aliphatic rings. The van der Waals surface area contributed by atoms with E-state index in [-0.39, 0.29) is 0 Å². The van der Waals surface area contributed by atoms with Crippen LogP contribution in [0, 0.1) is 0 Å². The summed E-state index contributed by atoms with van der Waals surface area (Å²) < 4.78 is 1.37. The normalized spacial score (nSPS) is 12.8. The number of nitrogens with one attached hydrogen (secondary N) is 1. The van der Waals surface area contributed by atoms with Crippen LogP contribution in [0.3, 0.4) is 0 Å². The molecule has 1 aromatic carbocycles. The van der Waals surface area contributed by atoms with Crippen LogP contribution in [0.25, 0.3) is 10.1 Å². The quantitative estimate of drug-likeness (QED) is 0.738. The van der Waals surface area contributed by atoms with Gasteiger partial charge in [-0.3, -0.25) is 0 Å². The average Bonchev–Trinajstić information content (AvgIpc) is 2.78. The zero-order chi connectivity index (χ0) is 12.1. The number of hydrogen-bond acceptors (Lipinski definition) is 2. The molecular formula is C15H19NS. The van der Waals surface area contributed by atoms with E-state index in [1.165, 1.54) is 15.6 Å². The number of fused-ring (bicyclic) bond motifs is 1. The van der Waals surface area contributed by atoms with Gasteiger partial charge in [0.2, 0.25) is 0 Å². The van der Waals surface area contributed by atoms with E-state index in [0.29, 0.717) is 6.04 Å². The molecular weight excluding hydrogens is 226 g/mol. The van der Waals surface area contributed by atoms with Crippen LogP contribution in [0.15, 0.2) is 42.3 Å². The Morgan fingerprint density at radius 2 is 2.24 bits per heavy atom. The lowest BCUT2D eigenvalue weighted by Crippen LogP contribution is -2.21. The molecule has 0 fully saturated rings. The molecule has 0 saturated heterocycles. The van der Waals surface area contributed by atoms with Gasteiger partial charge in [0.25, 0.3) is 0 Å². The molecule has 0 aliphatic heterocycles. The summed E-state index contributed by atoms with van der Waals surface area (Å²) in [6, 6.07) is 9.02. The fourth-order valence-corrected chi connectivity index (χ4v) is 3.09. The van der Waals surface area contributed by atoms with Gasteiger partial charge in [-0.25, -0.2) is 0 Å². The number of thiophene rings is 1. The van der Waals surface area contributed by atoms with Crippen LogP contribution in [-0.4, -0.2) is 6.54 Å². The summed E-state index contributed by atoms with van der Waals surface area (Å²) in [4.78, 5) is 0. The zero-order valence-corrected chi connectivity index (χ0v) is 11.1. The SMILES string of the molecule is C=CCC(NCCC)c1csc2ccccc12. The standard InChI is InChI=1S/C15H19NS/c1-3-7-14(16-10-4-2)13-11-17-15-9-6-5-8-12(13)15/h3,5-6,8-9,11,14,16H,1,4,7,10H2,2H3. The van der Waals surface area contributed by atoms with Crippen LogP contribution in [0.1, 0.15) is 31.4 Å². The Hall–Kier alpha value is -1.12. The first kappa shape index (κ1) is 12.3. The highest BCUT2D eigenvalue weighted by Crippen LogP contribution is 2.31. The third kappa shape index (κ3) is 2.76. The zero-order valence-electron chi connectivity index (χ0n) is 10.3. The van der Waals surface area contributed by atoms with Crippen molar-refractivity contribution >= 4 is 21.4 Å². The van der Waals surface area contributed by atoms with E-state index in [2.05, 4.69) is 48.5 Å². The Labute approximate surface area is 107 Å². The van der Waals surface area contributed by atoms with Gasteiger partial charge < -0.3 is 5.32 Å². The van der Waals surface area contributed by atoms with E-state index in [4.69, 9.17) is 0 Å². The van der Waals surface area contributed by atoms with Gasteiger partial charge in [-0.1, -0.05) is 31.2 Å². The van der Waals surface area contributed by atoms with Crippen molar-refractivity contribution in [2.45, 2.75) is 25.8 Å². The van der Waals surface area contributed by atoms with Crippen molar-refractivity contribution in [3.63, 3.8) is 0 Å². The van der Waals surface area contributed by atoms with Gasteiger partial charge in [-0.05, 0) is 41.8 Å². The van der Waals surface area contributed by atoms with Crippen molar-refractivity contribution in [1.82, 2.24) is 5.32 Å². The van der Waals surface area contributed by atoms with E-state index in [1.54, 1.807) is 0 Å². The maximum atomic E-state index is 3.86. The molecule has 2 aromatic rings. The van der Waals surface area contributed by atoms with Gasteiger partial charge in [0.1, 0.15) is 0 Å². The lowest BCUT2D eigenvalue weighted by atomic mass is 10.0. The topological polar surface area (TPSA) is 12.0 Å². The van der Waals surface area contributed by atoms with Gasteiger partial charge in [0, 0.05) is 10.7 Å². The highest BCUT2D eigenvalue weighted by Gasteiger charge is 2.13. The maximum absolute atomic E-state index is 3.86. The van der Waals surface area contributed by atoms with Gasteiger partial charge in [-0.2, -0.15) is 0 Å². The highest BCUT2D eigenvalue weighted by molar-refractivity contribution is 7.17. The van der Waals surface area contributed by atoms with Crippen LogP contribution >= 0.6 is 11.3 Å². The number of benzene rings is 1. The molecule has 2 heteroatoms. The van der Waals surface area contributed by atoms with Crippen LogP contribution < -0.4 is 5.32 Å². The van der Waals surface area contributed by atoms with Crippen molar-refractivity contribution in [2.75, 3.05) is 6.54 Å². The largest absolute Gasteiger partial charge is 0.310 e. The monoisotopic (exact) mass is 245 g/mol. The molecule has 0 radical (unpaired) electrons. The Kier molecular flexibility index (Phi) is 4.35. The van der Waals surface area contributed by atoms with E-state index in [1.807, 2.05) is 17.4 Å². The van der Waals surface area contributed by atoms with E-state index in [0.717, 1.165) is 19.4 Å². The summed E-state index contributed by atoms with van der Waals surface area (Å²) in [6.07, 6.45) is 4.15. The molecule has 2 rings (SSSR count). The van der Waals surface area contributed by atoms with E-state index in [9.17, 15) is 0 Å². The maximum Gasteiger partial charge on any atom is 0.0369 e. The molecule has 0 saturated carbocycles. The summed E-state index contributed by atoms with van der Waals surface area (Å²) in [5.41, 5.74) is 1.42. The molecule has 1 N–H and O–H groups in total. The Morgan fingerprint density at radius 3 is 3.00 bits per heavy atom. The predicted octanol–water partition coefficient (Wildman–Crippen LogP) is 4.52. The van der Waals surface area contributed by atoms with Crippen LogP contribution in [-0.2, 0) is 0 Å². The Morgan fingerprint density at radius 1 is 1.41 bits per heavy atom. The summed E-state index contributed by atoms with van der Waals surface area (Å²) >= 11 is 1.83. The van der Waals surface area contributed by atoms with Gasteiger partial charge in [0.05, 0.1) is 0 Å². The third-order valence-corrected chi connectivity index (χ3v) is 3.91. The first-order valence-corrected chi connectivity index (χ1v) is 7.05. The molecule has 0 bridgehead atoms. The van der Waals surface area contributed by atoms with Crippen molar-refractivity contribution in [2.24, 2.45) is 0 Å². The molecule has 1 atom stereocenters. The van der Waals surface area contributed by atoms with Crippen molar-refractivity contribution < 1.29 is 0 Å². The summed E-state index contributed by atoms with van der Waals surface area (Å²) in [5, 5.41) is 7.26. The summed E-state index contributed by atoms with van der Waals surface area (Å²) in [5.74, 6) is 0. The van der Waals surface area contributed by atoms with Gasteiger partial charge in [-0.15, -0.1) is 17.9 Å². The Balaban J connectivity index is 2.30. The van der Waals surface area contributed by atoms with Crippen LogP contribution in [0.5, 0.6) is 0 Å². The molecule has 1 nitrogen and oxygen atoms in total. The number of rotatable bonds is 6. The number of hydrogen-bond donors (Lipinski definition) is 1. The minimum atomic E-state index is 0.406. The lowest BCUT2D eigenvalue weighted by molar-refractivity contribution is 0.541. The fourth-order valence-electron chi connectivity index (χ4n) is 2.07. The molecule has 0 aliphatic carbocycles. The van der Waals surface area contributed by atoms with E-state index < -0.39 is 0 Å². The average molecular weight is 245 g/mol. The summed E-state index contributed by atoms with van der Waals surface area (Å²) in [6.45, 7) is 7.12. The summed E-state index contributed by atoms with van der Waals surface area (Å²) in [7, 11) is 0. The van der Waals surface area contributed by atoms with Gasteiger partial charge >= 0.3 is 0 Å². The molecule has 1 unspecified atom stereocenters. The molecule has 1 heterocycles. The predicted molar refractivity (Wildman–Crippen MR) is 77.7 cm³/mol. The minimum Gasteiger partial charge on any atom is -0.310 e. The van der Waals surface area contributed by atoms with E-state index >= 15 is 0 Å². The van der Waals surface area contributed by atoms with Crippen molar-refractivity contribution in [3.8, 4) is 0 Å². The second-order valence-corrected chi connectivity index (χ2v) is 5.13. The molecule has 90 valence electrons. The van der Waals surface area contributed by atoms with Crippen molar-refractivity contribution in [1.29, 1.82) is 0 Å². The first-order valence-electron chi connectivity index (χ1n) is 6.17. The highest BCUT2D eigenvalue weighted by atomic mass is 32.1. The second-order valence-electron chi connectivity index (χ2n) is 4.22. The molecule has 0 spiro atoms. The molecule has 1 aromatic heterocycles. The van der Waals surface area contributed by atoms with Crippen molar-refractivity contribution in [3.05, 3.63) is 47.9 Å². The minimum absolute atomic E-state index is 0.406. The van der Waals surface area contributed by atoms with Crippen LogP contribution in [0.4, 0.5) is 0 Å². The third-order valence-electron chi connectivity index (χ3n) is 2.93. The van der Waals surface area contributed by atoms with Crippen LogP contribution in [0.2, 0.25) is 0 Å². The second kappa shape index (κ2) is 5.99. The van der Waals surface area contributed by atoms with Gasteiger partial charge in [0.15, 0.2) is 0 Å². The first-order chi connectivity index (χ1) is 8.36. The molecule has 17 heavy (non-hydrogen) atoms. The lowest BCUT2D eigenvalue weighted by Gasteiger charge is -2.16. The Bertz CT molecular complexity index is 486. The fraction of sp³-hybridized carbons (Fsp3) is 0.333. The smallest absolute Gasteiger partial charge is 0.0369 e.